The van der Waals surface area contributed by atoms with Gasteiger partial charge in [-0.1, -0.05) is 30.3 Å². The first kappa shape index (κ1) is 21.0. The van der Waals surface area contributed by atoms with E-state index in [1.54, 1.807) is 18.4 Å². The third kappa shape index (κ3) is 4.12. The lowest BCUT2D eigenvalue weighted by atomic mass is 10.1. The van der Waals surface area contributed by atoms with E-state index in [4.69, 9.17) is 20.4 Å². The molecule has 0 spiro atoms. The first-order valence-corrected chi connectivity index (χ1v) is 11.5. The molecule has 0 aliphatic rings. The number of fused-ring (bicyclic) bond motifs is 2. The zero-order valence-electron chi connectivity index (χ0n) is 18.1. The molecule has 5 rings (SSSR count). The number of thiophene rings is 1. The van der Waals surface area contributed by atoms with Crippen molar-refractivity contribution in [3.8, 4) is 5.75 Å². The highest BCUT2D eigenvalue weighted by Gasteiger charge is 2.24. The van der Waals surface area contributed by atoms with Crippen LogP contribution in [-0.2, 0) is 19.5 Å². The lowest BCUT2D eigenvalue weighted by molar-refractivity contribution is 0.0953. The molecule has 33 heavy (non-hydrogen) atoms. The summed E-state index contributed by atoms with van der Waals surface area (Å²) < 4.78 is 7.13. The van der Waals surface area contributed by atoms with Crippen molar-refractivity contribution in [2.24, 2.45) is 0 Å². The number of benzene rings is 2. The number of anilines is 1. The number of aryl methyl sites for hydroxylation is 2. The van der Waals surface area contributed by atoms with E-state index < -0.39 is 0 Å². The number of para-hydroxylation sites is 2. The normalized spacial score (nSPS) is 11.2. The zero-order chi connectivity index (χ0) is 22.8. The summed E-state index contributed by atoms with van der Waals surface area (Å²) in [5.74, 6) is 0.933. The van der Waals surface area contributed by atoms with E-state index in [0.717, 1.165) is 33.6 Å². The molecule has 0 radical (unpaired) electrons. The molecule has 0 unspecified atom stereocenters. The molecule has 0 saturated carbocycles. The number of nitrogen functional groups attached to an aromatic ring is 1. The van der Waals surface area contributed by atoms with Crippen molar-refractivity contribution < 1.29 is 9.53 Å². The Morgan fingerprint density at radius 1 is 1.06 bits per heavy atom. The molecular weight excluding hydrogens is 434 g/mol. The van der Waals surface area contributed by atoms with Crippen LogP contribution in [0.5, 0.6) is 5.75 Å². The Bertz CT molecular complexity index is 1430. The Hall–Kier alpha value is -3.91. The molecular formula is C25H23N5O2S. The minimum atomic E-state index is -0.251. The fourth-order valence-electron chi connectivity index (χ4n) is 3.87. The van der Waals surface area contributed by atoms with Crippen molar-refractivity contribution in [3.63, 3.8) is 0 Å². The summed E-state index contributed by atoms with van der Waals surface area (Å²) >= 11 is 1.60. The van der Waals surface area contributed by atoms with E-state index in [2.05, 4.69) is 5.32 Å². The zero-order valence-corrected chi connectivity index (χ0v) is 18.9. The largest absolute Gasteiger partial charge is 0.497 e. The number of nitrogens with one attached hydrogen (secondary N) is 1. The minimum Gasteiger partial charge on any atom is -0.497 e. The second-order valence-electron chi connectivity index (χ2n) is 7.66. The third-order valence-electron chi connectivity index (χ3n) is 5.61. The number of carbonyl (C=O) groups excluding carboxylic acids is 1. The summed E-state index contributed by atoms with van der Waals surface area (Å²) in [6.07, 6.45) is 0.725. The quantitative estimate of drug-likeness (QED) is 0.377. The summed E-state index contributed by atoms with van der Waals surface area (Å²) in [6, 6.07) is 19.5. The molecule has 5 aromatic rings. The maximum Gasteiger partial charge on any atom is 0.257 e. The Morgan fingerprint density at radius 3 is 2.52 bits per heavy atom. The topological polar surface area (TPSA) is 95.1 Å². The van der Waals surface area contributed by atoms with Crippen LogP contribution in [0.3, 0.4) is 0 Å². The second-order valence-corrected chi connectivity index (χ2v) is 8.69. The van der Waals surface area contributed by atoms with Crippen molar-refractivity contribution >= 4 is 45.3 Å². The van der Waals surface area contributed by atoms with Gasteiger partial charge in [0, 0.05) is 11.4 Å². The molecule has 166 valence electrons. The van der Waals surface area contributed by atoms with Gasteiger partial charge in [-0.25, -0.2) is 9.97 Å². The van der Waals surface area contributed by atoms with Crippen LogP contribution < -0.4 is 15.8 Å². The first-order valence-electron chi connectivity index (χ1n) is 10.6. The van der Waals surface area contributed by atoms with Crippen molar-refractivity contribution in [1.82, 2.24) is 19.9 Å². The second kappa shape index (κ2) is 8.91. The summed E-state index contributed by atoms with van der Waals surface area (Å²) in [5, 5.41) is 4.96. The van der Waals surface area contributed by atoms with Gasteiger partial charge in [-0.3, -0.25) is 4.79 Å². The monoisotopic (exact) mass is 457 g/mol. The maximum atomic E-state index is 13.2. The number of amides is 1. The van der Waals surface area contributed by atoms with Crippen LogP contribution in [-0.4, -0.2) is 27.6 Å². The molecule has 0 aliphatic carbocycles. The van der Waals surface area contributed by atoms with Gasteiger partial charge in [-0.05, 0) is 47.7 Å². The SMILES string of the molecule is COc1ccc(CCn2c(N)c(C(=O)NCc3cccs3)c3nc4ccccc4nc32)cc1. The molecule has 0 aliphatic heterocycles. The lowest BCUT2D eigenvalue weighted by Gasteiger charge is -2.09. The van der Waals surface area contributed by atoms with Gasteiger partial charge in [0.05, 0.1) is 24.7 Å². The van der Waals surface area contributed by atoms with Gasteiger partial charge < -0.3 is 20.4 Å². The first-order chi connectivity index (χ1) is 16.1. The minimum absolute atomic E-state index is 0.251. The molecule has 3 N–H and O–H groups in total. The molecule has 8 heteroatoms. The molecule has 0 fully saturated rings. The van der Waals surface area contributed by atoms with Gasteiger partial charge in [0.15, 0.2) is 5.65 Å². The fraction of sp³-hybridized carbons (Fsp3) is 0.160. The van der Waals surface area contributed by atoms with Gasteiger partial charge >= 0.3 is 0 Å². The lowest BCUT2D eigenvalue weighted by Crippen LogP contribution is -2.23. The Morgan fingerprint density at radius 2 is 1.82 bits per heavy atom. The summed E-state index contributed by atoms with van der Waals surface area (Å²) in [6.45, 7) is 1.01. The van der Waals surface area contributed by atoms with Crippen LogP contribution in [0.25, 0.3) is 22.2 Å². The van der Waals surface area contributed by atoms with Gasteiger partial charge in [-0.15, -0.1) is 11.3 Å². The smallest absolute Gasteiger partial charge is 0.257 e. The highest BCUT2D eigenvalue weighted by molar-refractivity contribution is 7.09. The number of ether oxygens (including phenoxy) is 1. The number of rotatable bonds is 7. The molecule has 0 saturated heterocycles. The average Bonchev–Trinajstić information content (AvgIpc) is 3.46. The Labute approximate surface area is 194 Å². The van der Waals surface area contributed by atoms with Crippen molar-refractivity contribution in [2.45, 2.75) is 19.5 Å². The van der Waals surface area contributed by atoms with Crippen LogP contribution >= 0.6 is 11.3 Å². The summed E-state index contributed by atoms with van der Waals surface area (Å²) in [5.41, 5.74) is 10.7. The Balaban J connectivity index is 1.53. The number of methoxy groups -OCH3 is 1. The van der Waals surface area contributed by atoms with E-state index in [1.807, 2.05) is 70.6 Å². The number of hydrogen-bond donors (Lipinski definition) is 2. The average molecular weight is 458 g/mol. The van der Waals surface area contributed by atoms with Gasteiger partial charge in [0.25, 0.3) is 5.91 Å². The van der Waals surface area contributed by atoms with Crippen LogP contribution in [0.2, 0.25) is 0 Å². The van der Waals surface area contributed by atoms with E-state index in [1.165, 1.54) is 0 Å². The van der Waals surface area contributed by atoms with E-state index in [-0.39, 0.29) is 5.91 Å². The van der Waals surface area contributed by atoms with Crippen molar-refractivity contribution in [2.75, 3.05) is 12.8 Å². The molecule has 1 amide bonds. The van der Waals surface area contributed by atoms with Crippen LogP contribution in [0.1, 0.15) is 20.8 Å². The number of aromatic nitrogens is 3. The number of hydrogen-bond acceptors (Lipinski definition) is 6. The summed E-state index contributed by atoms with van der Waals surface area (Å²) in [7, 11) is 1.65. The third-order valence-corrected chi connectivity index (χ3v) is 6.48. The molecule has 2 aromatic carbocycles. The van der Waals surface area contributed by atoms with Gasteiger partial charge in [0.2, 0.25) is 0 Å². The predicted molar refractivity (Wildman–Crippen MR) is 132 cm³/mol. The summed E-state index contributed by atoms with van der Waals surface area (Å²) in [4.78, 5) is 23.8. The van der Waals surface area contributed by atoms with E-state index >= 15 is 0 Å². The van der Waals surface area contributed by atoms with Crippen LogP contribution in [0.15, 0.2) is 66.0 Å². The van der Waals surface area contributed by atoms with Crippen molar-refractivity contribution in [1.29, 1.82) is 0 Å². The van der Waals surface area contributed by atoms with Crippen LogP contribution in [0.4, 0.5) is 5.82 Å². The van der Waals surface area contributed by atoms with Crippen molar-refractivity contribution in [3.05, 3.63) is 82.0 Å². The predicted octanol–water partition coefficient (Wildman–Crippen LogP) is 4.41. The van der Waals surface area contributed by atoms with Gasteiger partial charge in [0.1, 0.15) is 22.6 Å². The van der Waals surface area contributed by atoms with Gasteiger partial charge in [-0.2, -0.15) is 0 Å². The highest BCUT2D eigenvalue weighted by atomic mass is 32.1. The molecule has 0 bridgehead atoms. The van der Waals surface area contributed by atoms with Crippen LogP contribution in [0, 0.1) is 0 Å². The van der Waals surface area contributed by atoms with E-state index in [0.29, 0.717) is 35.6 Å². The number of carbonyl (C=O) groups is 1. The maximum absolute atomic E-state index is 13.2. The molecule has 7 nitrogen and oxygen atoms in total. The standard InChI is InChI=1S/C25H23N5O2S/c1-32-17-10-8-16(9-11-17)12-13-30-23(26)21(25(31)27-15-18-5-4-14-33-18)22-24(30)29-20-7-3-2-6-19(20)28-22/h2-11,14H,12-13,15,26H2,1H3,(H,27,31). The molecule has 3 aromatic heterocycles. The highest BCUT2D eigenvalue weighted by Crippen LogP contribution is 2.28. The fourth-order valence-corrected chi connectivity index (χ4v) is 4.51. The number of nitrogens with two attached hydrogens (primary N) is 1. The van der Waals surface area contributed by atoms with E-state index in [9.17, 15) is 4.79 Å². The Kier molecular flexibility index (Phi) is 5.66. The molecule has 0 atom stereocenters. The number of nitrogens with zero attached hydrogens (tertiary/aromatic N) is 3. The molecule has 3 heterocycles.